The predicted octanol–water partition coefficient (Wildman–Crippen LogP) is 2.52. The summed E-state index contributed by atoms with van der Waals surface area (Å²) >= 11 is 3.56. The lowest BCUT2D eigenvalue weighted by atomic mass is 10.0. The van der Waals surface area contributed by atoms with E-state index in [9.17, 15) is 4.79 Å². The van der Waals surface area contributed by atoms with Crippen LogP contribution in [-0.4, -0.2) is 29.1 Å². The van der Waals surface area contributed by atoms with Gasteiger partial charge in [0.05, 0.1) is 6.42 Å². The Bertz CT molecular complexity index is 459. The number of nitrogens with zero attached hydrogens (tertiary/aromatic N) is 1. The summed E-state index contributed by atoms with van der Waals surface area (Å²) in [4.78, 5) is 13.1. The predicted molar refractivity (Wildman–Crippen MR) is 77.8 cm³/mol. The minimum atomic E-state index is -0.871. The van der Waals surface area contributed by atoms with E-state index in [0.29, 0.717) is 0 Å². The number of likely N-dealkylation sites (tertiary alicyclic amines) is 1. The van der Waals surface area contributed by atoms with Crippen molar-refractivity contribution in [3.63, 3.8) is 0 Å². The number of nitrogens with two attached hydrogens (primary N) is 1. The van der Waals surface area contributed by atoms with Gasteiger partial charge in [-0.05, 0) is 43.1 Å². The number of hydrogen-bond acceptors (Lipinski definition) is 3. The molecule has 0 bridgehead atoms. The Hall–Kier alpha value is -0.910. The summed E-state index contributed by atoms with van der Waals surface area (Å²) in [7, 11) is 0. The lowest BCUT2D eigenvalue weighted by Gasteiger charge is -2.17. The third kappa shape index (κ3) is 4.03. The maximum Gasteiger partial charge on any atom is 0.305 e. The van der Waals surface area contributed by atoms with Gasteiger partial charge < -0.3 is 10.8 Å². The van der Waals surface area contributed by atoms with Crippen molar-refractivity contribution in [2.24, 2.45) is 5.73 Å². The zero-order valence-corrected chi connectivity index (χ0v) is 12.4. The Morgan fingerprint density at radius 3 is 2.68 bits per heavy atom. The van der Waals surface area contributed by atoms with Gasteiger partial charge in [0.25, 0.3) is 0 Å². The van der Waals surface area contributed by atoms with Crippen molar-refractivity contribution >= 4 is 21.9 Å². The van der Waals surface area contributed by atoms with Gasteiger partial charge in [0, 0.05) is 17.1 Å². The molecular weight excluding hydrogens is 308 g/mol. The number of carboxylic acids is 1. The first-order valence-corrected chi connectivity index (χ1v) is 7.33. The molecule has 3 N–H and O–H groups in total. The molecule has 1 aromatic carbocycles. The fourth-order valence-electron chi connectivity index (χ4n) is 2.41. The van der Waals surface area contributed by atoms with E-state index < -0.39 is 12.0 Å². The van der Waals surface area contributed by atoms with E-state index in [1.54, 1.807) is 0 Å². The van der Waals surface area contributed by atoms with E-state index >= 15 is 0 Å². The van der Waals surface area contributed by atoms with E-state index in [0.717, 1.165) is 29.7 Å². The largest absolute Gasteiger partial charge is 0.481 e. The number of carbonyl (C=O) groups is 1. The van der Waals surface area contributed by atoms with Crippen molar-refractivity contribution in [1.82, 2.24) is 4.90 Å². The summed E-state index contributed by atoms with van der Waals surface area (Å²) in [6.07, 6.45) is 2.51. The van der Waals surface area contributed by atoms with Crippen molar-refractivity contribution < 1.29 is 9.90 Å². The highest BCUT2D eigenvalue weighted by Gasteiger charge is 2.15. The molecule has 0 saturated carbocycles. The average molecular weight is 327 g/mol. The number of hydrogen-bond donors (Lipinski definition) is 2. The molecule has 1 fully saturated rings. The highest BCUT2D eigenvalue weighted by Crippen LogP contribution is 2.25. The Morgan fingerprint density at radius 2 is 2.11 bits per heavy atom. The van der Waals surface area contributed by atoms with Crippen LogP contribution in [0, 0.1) is 0 Å². The van der Waals surface area contributed by atoms with Crippen molar-refractivity contribution in [1.29, 1.82) is 0 Å². The van der Waals surface area contributed by atoms with Crippen LogP contribution in [0.1, 0.15) is 36.4 Å². The molecule has 1 atom stereocenters. The molecule has 0 spiro atoms. The number of benzene rings is 1. The molecule has 5 heteroatoms. The van der Waals surface area contributed by atoms with Crippen LogP contribution in [0.15, 0.2) is 22.7 Å². The molecule has 0 aliphatic carbocycles. The maximum atomic E-state index is 10.7. The van der Waals surface area contributed by atoms with Gasteiger partial charge in [-0.1, -0.05) is 28.1 Å². The summed E-state index contributed by atoms with van der Waals surface area (Å²) in [6.45, 7) is 3.26. The minimum absolute atomic E-state index is 0.0437. The Kier molecular flexibility index (Phi) is 4.96. The molecule has 1 heterocycles. The van der Waals surface area contributed by atoms with E-state index in [1.165, 1.54) is 18.4 Å². The molecule has 1 unspecified atom stereocenters. The molecular formula is C14H19BrN2O2. The first-order chi connectivity index (χ1) is 9.06. The molecule has 0 aromatic heterocycles. The topological polar surface area (TPSA) is 66.6 Å². The van der Waals surface area contributed by atoms with E-state index in [2.05, 4.69) is 20.8 Å². The minimum Gasteiger partial charge on any atom is -0.481 e. The lowest BCUT2D eigenvalue weighted by molar-refractivity contribution is -0.137. The molecule has 0 amide bonds. The smallest absolute Gasteiger partial charge is 0.305 e. The maximum absolute atomic E-state index is 10.7. The monoisotopic (exact) mass is 326 g/mol. The van der Waals surface area contributed by atoms with Gasteiger partial charge >= 0.3 is 5.97 Å². The fraction of sp³-hybridized carbons (Fsp3) is 0.500. The molecule has 1 aliphatic heterocycles. The van der Waals surface area contributed by atoms with Crippen LogP contribution < -0.4 is 5.73 Å². The second kappa shape index (κ2) is 6.50. The summed E-state index contributed by atoms with van der Waals surface area (Å²) < 4.78 is 1.01. The van der Waals surface area contributed by atoms with Gasteiger partial charge in [-0.3, -0.25) is 9.69 Å². The van der Waals surface area contributed by atoms with Gasteiger partial charge in [0.1, 0.15) is 0 Å². The standard InChI is InChI=1S/C14H19BrN2O2/c15-12-7-10(13(16)8-14(18)19)3-4-11(12)9-17-5-1-2-6-17/h3-4,7,13H,1-2,5-6,8-9,16H2,(H,18,19). The van der Waals surface area contributed by atoms with Crippen LogP contribution >= 0.6 is 15.9 Å². The van der Waals surface area contributed by atoms with Crippen LogP contribution in [0.3, 0.4) is 0 Å². The van der Waals surface area contributed by atoms with Crippen LogP contribution in [0.2, 0.25) is 0 Å². The van der Waals surface area contributed by atoms with Crippen LogP contribution in [0.4, 0.5) is 0 Å². The van der Waals surface area contributed by atoms with E-state index in [1.807, 2.05) is 18.2 Å². The van der Waals surface area contributed by atoms with Crippen LogP contribution in [0.25, 0.3) is 0 Å². The number of halogens is 1. The summed E-state index contributed by atoms with van der Waals surface area (Å²) in [5.41, 5.74) is 7.96. The molecule has 4 nitrogen and oxygen atoms in total. The first kappa shape index (κ1) is 14.5. The van der Waals surface area contributed by atoms with Crippen molar-refractivity contribution in [2.75, 3.05) is 13.1 Å². The zero-order chi connectivity index (χ0) is 13.8. The number of aliphatic carboxylic acids is 1. The van der Waals surface area contributed by atoms with Crippen molar-refractivity contribution in [2.45, 2.75) is 31.8 Å². The van der Waals surface area contributed by atoms with Gasteiger partial charge in [-0.25, -0.2) is 0 Å². The number of carboxylic acid groups (broad SMARTS) is 1. The molecule has 1 aliphatic rings. The third-order valence-electron chi connectivity index (χ3n) is 3.49. The third-order valence-corrected chi connectivity index (χ3v) is 4.23. The lowest BCUT2D eigenvalue weighted by Crippen LogP contribution is -2.19. The van der Waals surface area contributed by atoms with Crippen LogP contribution in [0.5, 0.6) is 0 Å². The second-order valence-electron chi connectivity index (χ2n) is 5.04. The van der Waals surface area contributed by atoms with Crippen molar-refractivity contribution in [3.8, 4) is 0 Å². The molecule has 0 radical (unpaired) electrons. The molecule has 1 aromatic rings. The van der Waals surface area contributed by atoms with Crippen molar-refractivity contribution in [3.05, 3.63) is 33.8 Å². The zero-order valence-electron chi connectivity index (χ0n) is 10.8. The van der Waals surface area contributed by atoms with Gasteiger partial charge in [-0.2, -0.15) is 0 Å². The van der Waals surface area contributed by atoms with Gasteiger partial charge in [0.15, 0.2) is 0 Å². The summed E-state index contributed by atoms with van der Waals surface area (Å²) in [5, 5.41) is 8.76. The SMILES string of the molecule is NC(CC(=O)O)c1ccc(CN2CCCC2)c(Br)c1. The van der Waals surface area contributed by atoms with E-state index in [-0.39, 0.29) is 6.42 Å². The Labute approximate surface area is 121 Å². The first-order valence-electron chi connectivity index (χ1n) is 6.54. The van der Waals surface area contributed by atoms with E-state index in [4.69, 9.17) is 10.8 Å². The summed E-state index contributed by atoms with van der Waals surface area (Å²) in [6, 6.07) is 5.47. The average Bonchev–Trinajstić information content (AvgIpc) is 2.83. The van der Waals surface area contributed by atoms with Gasteiger partial charge in [0.2, 0.25) is 0 Å². The molecule has 104 valence electrons. The Morgan fingerprint density at radius 1 is 1.42 bits per heavy atom. The molecule has 2 rings (SSSR count). The fourth-order valence-corrected chi connectivity index (χ4v) is 2.93. The second-order valence-corrected chi connectivity index (χ2v) is 5.89. The highest BCUT2D eigenvalue weighted by atomic mass is 79.9. The quantitative estimate of drug-likeness (QED) is 0.872. The molecule has 1 saturated heterocycles. The van der Waals surface area contributed by atoms with Crippen LogP contribution in [-0.2, 0) is 11.3 Å². The highest BCUT2D eigenvalue weighted by molar-refractivity contribution is 9.10. The summed E-state index contributed by atoms with van der Waals surface area (Å²) in [5.74, 6) is -0.871. The Balaban J connectivity index is 2.05. The molecule has 19 heavy (non-hydrogen) atoms. The van der Waals surface area contributed by atoms with Gasteiger partial charge in [-0.15, -0.1) is 0 Å². The normalized spacial score (nSPS) is 17.6. The number of rotatable bonds is 5.